The third-order valence-electron chi connectivity index (χ3n) is 2.07. The van der Waals surface area contributed by atoms with Crippen LogP contribution in [0.15, 0.2) is 30.9 Å². The second-order valence-corrected chi connectivity index (χ2v) is 3.25. The highest BCUT2D eigenvalue weighted by atomic mass is 19.4. The Hall–Kier alpha value is -2.18. The van der Waals surface area contributed by atoms with Gasteiger partial charge in [0.15, 0.2) is 0 Å². The van der Waals surface area contributed by atoms with Gasteiger partial charge in [0.2, 0.25) is 0 Å². The first-order valence-electron chi connectivity index (χ1n) is 4.57. The molecule has 7 heteroatoms. The second-order valence-electron chi connectivity index (χ2n) is 3.25. The Labute approximate surface area is 94.3 Å². The van der Waals surface area contributed by atoms with Crippen LogP contribution in [-0.2, 0) is 6.18 Å². The molecule has 0 aromatic carbocycles. The number of nitrogen functional groups attached to an aromatic ring is 1. The fourth-order valence-corrected chi connectivity index (χ4v) is 1.32. The third-order valence-corrected chi connectivity index (χ3v) is 2.07. The summed E-state index contributed by atoms with van der Waals surface area (Å²) < 4.78 is 38.1. The van der Waals surface area contributed by atoms with Gasteiger partial charge in [-0.3, -0.25) is 9.97 Å². The van der Waals surface area contributed by atoms with Crippen molar-refractivity contribution in [2.24, 2.45) is 0 Å². The van der Waals surface area contributed by atoms with Crippen LogP contribution in [0, 0.1) is 0 Å². The maximum atomic E-state index is 12.7. The first-order chi connectivity index (χ1) is 7.98. The van der Waals surface area contributed by atoms with Crippen LogP contribution in [0.5, 0.6) is 0 Å². The molecule has 2 aromatic heterocycles. The van der Waals surface area contributed by atoms with Crippen LogP contribution < -0.4 is 5.73 Å². The highest BCUT2D eigenvalue weighted by molar-refractivity contribution is 5.62. The normalized spacial score (nSPS) is 11.5. The lowest BCUT2D eigenvalue weighted by atomic mass is 10.1. The maximum absolute atomic E-state index is 12.7. The number of pyridine rings is 1. The lowest BCUT2D eigenvalue weighted by Crippen LogP contribution is -2.08. The van der Waals surface area contributed by atoms with Crippen LogP contribution >= 0.6 is 0 Å². The van der Waals surface area contributed by atoms with Crippen LogP contribution in [0.3, 0.4) is 0 Å². The molecule has 4 nitrogen and oxygen atoms in total. The Morgan fingerprint density at radius 2 is 1.82 bits per heavy atom. The van der Waals surface area contributed by atoms with Crippen molar-refractivity contribution in [2.45, 2.75) is 6.18 Å². The molecule has 0 aliphatic carbocycles. The molecule has 17 heavy (non-hydrogen) atoms. The van der Waals surface area contributed by atoms with Crippen molar-refractivity contribution >= 4 is 5.82 Å². The molecule has 2 rings (SSSR count). The van der Waals surface area contributed by atoms with Crippen LogP contribution in [0.2, 0.25) is 0 Å². The highest BCUT2D eigenvalue weighted by Crippen LogP contribution is 2.35. The van der Waals surface area contributed by atoms with E-state index in [2.05, 4.69) is 15.0 Å². The van der Waals surface area contributed by atoms with E-state index in [-0.39, 0.29) is 17.1 Å². The molecule has 0 aliphatic rings. The second kappa shape index (κ2) is 4.00. The molecule has 2 heterocycles. The average molecular weight is 240 g/mol. The van der Waals surface area contributed by atoms with Crippen LogP contribution in [0.1, 0.15) is 5.56 Å². The molecule has 0 fully saturated rings. The summed E-state index contributed by atoms with van der Waals surface area (Å²) in [5, 5.41) is 0. The van der Waals surface area contributed by atoms with Gasteiger partial charge in [-0.05, 0) is 6.07 Å². The van der Waals surface area contributed by atoms with Gasteiger partial charge in [0, 0.05) is 18.0 Å². The molecule has 2 N–H and O–H groups in total. The molecular weight excluding hydrogens is 233 g/mol. The molecule has 0 saturated carbocycles. The van der Waals surface area contributed by atoms with E-state index in [1.54, 1.807) is 0 Å². The van der Waals surface area contributed by atoms with Crippen molar-refractivity contribution in [1.29, 1.82) is 0 Å². The number of nitrogens with two attached hydrogens (primary N) is 1. The van der Waals surface area contributed by atoms with Crippen molar-refractivity contribution < 1.29 is 13.2 Å². The molecule has 0 saturated heterocycles. The van der Waals surface area contributed by atoms with Crippen LogP contribution in [-0.4, -0.2) is 15.0 Å². The van der Waals surface area contributed by atoms with Crippen LogP contribution in [0.25, 0.3) is 11.3 Å². The number of alkyl halides is 3. The molecule has 0 aliphatic heterocycles. The van der Waals surface area contributed by atoms with Gasteiger partial charge >= 0.3 is 6.18 Å². The molecule has 0 radical (unpaired) electrons. The fraction of sp³-hybridized carbons (Fsp3) is 0.100. The molecule has 0 unspecified atom stereocenters. The molecule has 0 bridgehead atoms. The smallest absolute Gasteiger partial charge is 0.382 e. The maximum Gasteiger partial charge on any atom is 0.417 e. The van der Waals surface area contributed by atoms with Gasteiger partial charge in [0.1, 0.15) is 5.82 Å². The Balaban J connectivity index is 2.56. The summed E-state index contributed by atoms with van der Waals surface area (Å²) in [6, 6.07) is 0.896. The van der Waals surface area contributed by atoms with E-state index in [4.69, 9.17) is 5.73 Å². The highest BCUT2D eigenvalue weighted by Gasteiger charge is 2.33. The van der Waals surface area contributed by atoms with Crippen molar-refractivity contribution in [2.75, 3.05) is 5.73 Å². The quantitative estimate of drug-likeness (QED) is 0.829. The van der Waals surface area contributed by atoms with Gasteiger partial charge in [-0.25, -0.2) is 4.98 Å². The standard InChI is InChI=1S/C10H7F3N4/c11-10(12,13)7-1-2-15-3-6(7)8-4-17-9(14)5-16-8/h1-5H,(H2,14,17). The molecule has 2 aromatic rings. The van der Waals surface area contributed by atoms with Crippen molar-refractivity contribution in [3.8, 4) is 11.3 Å². The summed E-state index contributed by atoms with van der Waals surface area (Å²) in [4.78, 5) is 11.2. The average Bonchev–Trinajstić information content (AvgIpc) is 2.29. The number of halogens is 3. The number of anilines is 1. The lowest BCUT2D eigenvalue weighted by Gasteiger charge is -2.11. The minimum absolute atomic E-state index is 0.0830. The van der Waals surface area contributed by atoms with E-state index in [9.17, 15) is 13.2 Å². The third kappa shape index (κ3) is 2.32. The monoisotopic (exact) mass is 240 g/mol. The van der Waals surface area contributed by atoms with E-state index in [0.717, 1.165) is 18.5 Å². The predicted octanol–water partition coefficient (Wildman–Crippen LogP) is 2.14. The minimum atomic E-state index is -4.46. The number of rotatable bonds is 1. The zero-order chi connectivity index (χ0) is 12.5. The minimum Gasteiger partial charge on any atom is -0.382 e. The van der Waals surface area contributed by atoms with Crippen molar-refractivity contribution in [3.63, 3.8) is 0 Å². The first-order valence-corrected chi connectivity index (χ1v) is 4.57. The summed E-state index contributed by atoms with van der Waals surface area (Å²) in [7, 11) is 0. The Kier molecular flexibility index (Phi) is 2.66. The van der Waals surface area contributed by atoms with E-state index in [1.807, 2.05) is 0 Å². The van der Waals surface area contributed by atoms with Gasteiger partial charge in [0.05, 0.1) is 23.7 Å². The van der Waals surface area contributed by atoms with Gasteiger partial charge in [-0.2, -0.15) is 13.2 Å². The van der Waals surface area contributed by atoms with E-state index >= 15 is 0 Å². The molecule has 0 amide bonds. The van der Waals surface area contributed by atoms with Crippen molar-refractivity contribution in [3.05, 3.63) is 36.4 Å². The lowest BCUT2D eigenvalue weighted by molar-refractivity contribution is -0.137. The summed E-state index contributed by atoms with van der Waals surface area (Å²) in [5.41, 5.74) is 4.48. The van der Waals surface area contributed by atoms with Gasteiger partial charge < -0.3 is 5.73 Å². The van der Waals surface area contributed by atoms with E-state index in [1.165, 1.54) is 12.4 Å². The SMILES string of the molecule is Nc1cnc(-c2cnccc2C(F)(F)F)cn1. The number of hydrogen-bond donors (Lipinski definition) is 1. The van der Waals surface area contributed by atoms with Crippen molar-refractivity contribution in [1.82, 2.24) is 15.0 Å². The largest absolute Gasteiger partial charge is 0.417 e. The topological polar surface area (TPSA) is 64.7 Å². The van der Waals surface area contributed by atoms with E-state index in [0.29, 0.717) is 0 Å². The Bertz CT molecular complexity index is 522. The summed E-state index contributed by atoms with van der Waals surface area (Å²) in [6.07, 6.45) is 0.103. The summed E-state index contributed by atoms with van der Waals surface area (Å²) in [5.74, 6) is 0.145. The van der Waals surface area contributed by atoms with Gasteiger partial charge in [-0.15, -0.1) is 0 Å². The number of hydrogen-bond acceptors (Lipinski definition) is 4. The predicted molar refractivity (Wildman–Crippen MR) is 54.7 cm³/mol. The molecule has 0 spiro atoms. The Morgan fingerprint density at radius 1 is 1.06 bits per heavy atom. The number of nitrogens with zero attached hydrogens (tertiary/aromatic N) is 3. The summed E-state index contributed by atoms with van der Waals surface area (Å²) >= 11 is 0. The Morgan fingerprint density at radius 3 is 2.41 bits per heavy atom. The molecular formula is C10H7F3N4. The van der Waals surface area contributed by atoms with Gasteiger partial charge in [0.25, 0.3) is 0 Å². The molecule has 88 valence electrons. The zero-order valence-corrected chi connectivity index (χ0v) is 8.44. The number of aromatic nitrogens is 3. The van der Waals surface area contributed by atoms with Gasteiger partial charge in [-0.1, -0.05) is 0 Å². The first kappa shape index (κ1) is 11.3. The summed E-state index contributed by atoms with van der Waals surface area (Å²) in [6.45, 7) is 0. The van der Waals surface area contributed by atoms with E-state index < -0.39 is 11.7 Å². The fourth-order valence-electron chi connectivity index (χ4n) is 1.32. The molecule has 0 atom stereocenters. The van der Waals surface area contributed by atoms with Crippen LogP contribution in [0.4, 0.5) is 19.0 Å². The zero-order valence-electron chi connectivity index (χ0n) is 8.44.